The van der Waals surface area contributed by atoms with Crippen LogP contribution < -0.4 is 15.1 Å². The molecule has 0 fully saturated rings. The molecule has 1 aromatic rings. The summed E-state index contributed by atoms with van der Waals surface area (Å²) in [5, 5.41) is 0.373. The Morgan fingerprint density at radius 1 is 1.38 bits per heavy atom. The largest absolute Gasteiger partial charge is 0.591 e. The Morgan fingerprint density at radius 3 is 2.38 bits per heavy atom. The average Bonchev–Trinajstić information content (AvgIpc) is 2.03. The molecule has 0 aliphatic heterocycles. The summed E-state index contributed by atoms with van der Waals surface area (Å²) in [4.78, 5) is 12.6. The molecule has 3 nitrogen and oxygen atoms in total. The van der Waals surface area contributed by atoms with E-state index in [1.54, 1.807) is 12.1 Å². The van der Waals surface area contributed by atoms with Crippen LogP contribution in [0.2, 0.25) is 0 Å². The average molecular weight is 197 g/mol. The monoisotopic (exact) mass is 197 g/mol. The Balaban J connectivity index is 3.13. The van der Waals surface area contributed by atoms with Crippen LogP contribution >= 0.6 is 8.03 Å². The summed E-state index contributed by atoms with van der Waals surface area (Å²) in [5.41, 5.74) is 2.02. The van der Waals surface area contributed by atoms with E-state index in [1.165, 1.54) is 0 Å². The number of hydrogen-bond donors (Lipinski definition) is 0. The van der Waals surface area contributed by atoms with Crippen LogP contribution in [0.5, 0.6) is 0 Å². The number of nitrogens with zero attached hydrogens (tertiary/aromatic N) is 1. The highest BCUT2D eigenvalue weighted by Gasteiger charge is 2.09. The van der Waals surface area contributed by atoms with Crippen molar-refractivity contribution in [1.29, 1.82) is 0 Å². The second-order valence-electron chi connectivity index (χ2n) is 3.12. The molecule has 0 saturated heterocycles. The van der Waals surface area contributed by atoms with Crippen LogP contribution in [-0.4, -0.2) is 14.1 Å². The Kier molecular flexibility index (Phi) is 3.02. The highest BCUT2D eigenvalue weighted by Crippen LogP contribution is 2.18. The van der Waals surface area contributed by atoms with Crippen LogP contribution in [0.1, 0.15) is 5.56 Å². The molecule has 0 saturated carbocycles. The summed E-state index contributed by atoms with van der Waals surface area (Å²) in [7, 11) is 1.40. The fourth-order valence-electron chi connectivity index (χ4n) is 1.25. The molecule has 0 heterocycles. The lowest BCUT2D eigenvalue weighted by Gasteiger charge is -2.14. The smallest absolute Gasteiger partial charge is 0.348 e. The summed E-state index contributed by atoms with van der Waals surface area (Å²) in [6, 6.07) is 5.12. The summed E-state index contributed by atoms with van der Waals surface area (Å²) in [6.07, 6.45) is 0. The normalized spacial score (nSPS) is 11.2. The third-order valence-electron chi connectivity index (χ3n) is 1.87. The summed E-state index contributed by atoms with van der Waals surface area (Å²) < 4.78 is 10.7. The number of benzene rings is 1. The zero-order chi connectivity index (χ0) is 10.0. The topological polar surface area (TPSA) is 43.4 Å². The lowest BCUT2D eigenvalue weighted by molar-refractivity contribution is -0.160. The first-order valence-electron chi connectivity index (χ1n) is 3.94. The molecule has 0 N–H and O–H groups in total. The van der Waals surface area contributed by atoms with Gasteiger partial charge < -0.3 is 9.79 Å². The minimum atomic E-state index is -2.46. The highest BCUT2D eigenvalue weighted by atomic mass is 31.1. The van der Waals surface area contributed by atoms with Gasteiger partial charge >= 0.3 is 8.03 Å². The van der Waals surface area contributed by atoms with E-state index >= 15 is 0 Å². The number of hydrogen-bond acceptors (Lipinski definition) is 3. The molecule has 0 radical (unpaired) electrons. The molecule has 0 aliphatic carbocycles. The molecule has 0 bridgehead atoms. The van der Waals surface area contributed by atoms with Gasteiger partial charge in [-0.15, -0.1) is 0 Å². The van der Waals surface area contributed by atoms with Crippen molar-refractivity contribution in [3.63, 3.8) is 0 Å². The third-order valence-corrected chi connectivity index (χ3v) is 2.57. The van der Waals surface area contributed by atoms with Crippen molar-refractivity contribution in [2.75, 3.05) is 19.0 Å². The van der Waals surface area contributed by atoms with Crippen molar-refractivity contribution >= 4 is 19.0 Å². The summed E-state index contributed by atoms with van der Waals surface area (Å²) in [5.74, 6) is 0. The lowest BCUT2D eigenvalue weighted by atomic mass is 10.2. The van der Waals surface area contributed by atoms with E-state index in [2.05, 4.69) is 0 Å². The second-order valence-corrected chi connectivity index (χ2v) is 4.15. The number of anilines is 1. The van der Waals surface area contributed by atoms with Crippen LogP contribution in [0.15, 0.2) is 18.2 Å². The molecule has 1 unspecified atom stereocenters. The predicted octanol–water partition coefficient (Wildman–Crippen LogP) is 0.789. The lowest BCUT2D eigenvalue weighted by Crippen LogP contribution is -2.13. The maximum Gasteiger partial charge on any atom is 0.348 e. The van der Waals surface area contributed by atoms with Crippen molar-refractivity contribution in [2.24, 2.45) is 0 Å². The van der Waals surface area contributed by atoms with Crippen LogP contribution in [0.4, 0.5) is 5.69 Å². The van der Waals surface area contributed by atoms with Gasteiger partial charge in [0.15, 0.2) is 5.30 Å². The van der Waals surface area contributed by atoms with Crippen molar-refractivity contribution < 1.29 is 9.46 Å². The molecule has 0 amide bonds. The predicted molar refractivity (Wildman–Crippen MR) is 52.7 cm³/mol. The van der Waals surface area contributed by atoms with E-state index in [1.807, 2.05) is 32.0 Å². The standard InChI is InChI=1S/C9H12NO2P/c1-7-6-8(13(11)12)4-5-9(7)10(2)3/h4-6H,1-3H3. The van der Waals surface area contributed by atoms with Crippen molar-refractivity contribution in [1.82, 2.24) is 0 Å². The molecule has 1 rings (SSSR count). The molecule has 13 heavy (non-hydrogen) atoms. The summed E-state index contributed by atoms with van der Waals surface area (Å²) >= 11 is 0. The van der Waals surface area contributed by atoms with Crippen LogP contribution in [0.25, 0.3) is 0 Å². The molecule has 1 aromatic carbocycles. The zero-order valence-corrected chi connectivity index (χ0v) is 8.84. The minimum absolute atomic E-state index is 0.373. The first-order chi connectivity index (χ1) is 6.02. The van der Waals surface area contributed by atoms with Gasteiger partial charge in [0.2, 0.25) is 0 Å². The molecule has 4 heteroatoms. The zero-order valence-electron chi connectivity index (χ0n) is 7.94. The van der Waals surface area contributed by atoms with E-state index in [4.69, 9.17) is 0 Å². The van der Waals surface area contributed by atoms with Gasteiger partial charge in [-0.1, -0.05) is 4.57 Å². The van der Waals surface area contributed by atoms with E-state index in [-0.39, 0.29) is 0 Å². The third kappa shape index (κ3) is 2.27. The van der Waals surface area contributed by atoms with E-state index in [0.717, 1.165) is 11.3 Å². The van der Waals surface area contributed by atoms with Gasteiger partial charge in [0.05, 0.1) is 0 Å². The van der Waals surface area contributed by atoms with Gasteiger partial charge in [0.25, 0.3) is 0 Å². The van der Waals surface area contributed by atoms with Gasteiger partial charge in [0.1, 0.15) is 0 Å². The molecule has 0 aliphatic rings. The van der Waals surface area contributed by atoms with Crippen molar-refractivity contribution in [3.05, 3.63) is 23.8 Å². The van der Waals surface area contributed by atoms with E-state index in [0.29, 0.717) is 5.30 Å². The Bertz CT molecular complexity index is 336. The first kappa shape index (κ1) is 10.2. The fourth-order valence-corrected chi connectivity index (χ4v) is 1.75. The Morgan fingerprint density at radius 2 is 2.00 bits per heavy atom. The van der Waals surface area contributed by atoms with Crippen LogP contribution in [0.3, 0.4) is 0 Å². The van der Waals surface area contributed by atoms with E-state index in [9.17, 15) is 9.46 Å². The summed E-state index contributed by atoms with van der Waals surface area (Å²) in [6.45, 7) is 1.90. The van der Waals surface area contributed by atoms with Gasteiger partial charge in [-0.25, -0.2) is 0 Å². The van der Waals surface area contributed by atoms with Gasteiger partial charge in [0, 0.05) is 19.8 Å². The highest BCUT2D eigenvalue weighted by molar-refractivity contribution is 7.45. The van der Waals surface area contributed by atoms with E-state index < -0.39 is 8.03 Å². The molecular weight excluding hydrogens is 185 g/mol. The van der Waals surface area contributed by atoms with Gasteiger partial charge in [-0.3, -0.25) is 0 Å². The van der Waals surface area contributed by atoms with Crippen molar-refractivity contribution in [3.8, 4) is 0 Å². The quantitative estimate of drug-likeness (QED) is 0.658. The Labute approximate surface area is 78.9 Å². The molecule has 0 spiro atoms. The number of aryl methyl sites for hydroxylation is 1. The van der Waals surface area contributed by atoms with Gasteiger partial charge in [-0.2, -0.15) is 0 Å². The Hall–Kier alpha value is -0.920. The maximum absolute atomic E-state index is 10.7. The van der Waals surface area contributed by atoms with Crippen LogP contribution in [-0.2, 0) is 4.57 Å². The second kappa shape index (κ2) is 3.86. The maximum atomic E-state index is 10.7. The molecular formula is C9H12NO2P. The SMILES string of the molecule is Cc1cc([P+](=O)[O-])ccc1N(C)C. The first-order valence-corrected chi connectivity index (χ1v) is 5.12. The molecule has 1 atom stereocenters. The minimum Gasteiger partial charge on any atom is -0.591 e. The van der Waals surface area contributed by atoms with Crippen LogP contribution in [0, 0.1) is 6.92 Å². The molecule has 0 aromatic heterocycles. The fraction of sp³-hybridized carbons (Fsp3) is 0.333. The number of rotatable bonds is 2. The van der Waals surface area contributed by atoms with Crippen molar-refractivity contribution in [2.45, 2.75) is 6.92 Å². The molecule has 70 valence electrons. The van der Waals surface area contributed by atoms with Gasteiger partial charge in [-0.05, 0) is 30.7 Å².